The Labute approximate surface area is 111 Å². The summed E-state index contributed by atoms with van der Waals surface area (Å²) in [4.78, 5) is 0.229. The molecule has 2 rings (SSSR count). The Morgan fingerprint density at radius 2 is 1.89 bits per heavy atom. The number of aryl methyl sites for hydroxylation is 1. The first-order valence-corrected chi connectivity index (χ1v) is 7.31. The predicted octanol–water partition coefficient (Wildman–Crippen LogP) is 2.61. The minimum Gasteiger partial charge on any atom is -0.274 e. The van der Waals surface area contributed by atoms with Crippen molar-refractivity contribution in [1.29, 1.82) is 0 Å². The number of sulfone groups is 1. The van der Waals surface area contributed by atoms with E-state index in [-0.39, 0.29) is 4.90 Å². The summed E-state index contributed by atoms with van der Waals surface area (Å²) in [5, 5.41) is 3.85. The molecule has 0 N–H and O–H groups in total. The van der Waals surface area contributed by atoms with E-state index >= 15 is 0 Å². The molecule has 0 aliphatic rings. The first-order chi connectivity index (χ1) is 8.41. The van der Waals surface area contributed by atoms with Crippen molar-refractivity contribution in [2.45, 2.75) is 17.1 Å². The van der Waals surface area contributed by atoms with Crippen LogP contribution in [0, 0.1) is 0 Å². The molecule has 6 heteroatoms. The molecule has 0 fully saturated rings. The van der Waals surface area contributed by atoms with E-state index < -0.39 is 15.1 Å². The van der Waals surface area contributed by atoms with Crippen LogP contribution in [0.25, 0.3) is 0 Å². The highest BCUT2D eigenvalue weighted by Gasteiger charge is 2.26. The van der Waals surface area contributed by atoms with Gasteiger partial charge in [-0.1, -0.05) is 23.7 Å². The minimum atomic E-state index is -3.41. The number of benzene rings is 1. The molecule has 0 radical (unpaired) electrons. The maximum absolute atomic E-state index is 12.3. The van der Waals surface area contributed by atoms with Gasteiger partial charge >= 0.3 is 0 Å². The van der Waals surface area contributed by atoms with E-state index in [4.69, 9.17) is 11.6 Å². The molecule has 1 aromatic carbocycles. The molecule has 96 valence electrons. The highest BCUT2D eigenvalue weighted by molar-refractivity contribution is 7.91. The predicted molar refractivity (Wildman–Crippen MR) is 70.3 cm³/mol. The molecule has 0 aliphatic heterocycles. The van der Waals surface area contributed by atoms with Gasteiger partial charge < -0.3 is 0 Å². The van der Waals surface area contributed by atoms with E-state index in [2.05, 4.69) is 5.10 Å². The zero-order valence-electron chi connectivity index (χ0n) is 10.0. The fourth-order valence-electron chi connectivity index (χ4n) is 1.66. The number of nitrogens with zero attached hydrogens (tertiary/aromatic N) is 2. The lowest BCUT2D eigenvalue weighted by atomic mass is 10.2. The summed E-state index contributed by atoms with van der Waals surface area (Å²) in [7, 11) is -1.72. The Balaban J connectivity index is 2.39. The van der Waals surface area contributed by atoms with Crippen LogP contribution in [-0.2, 0) is 16.9 Å². The molecule has 1 atom stereocenters. The van der Waals surface area contributed by atoms with Gasteiger partial charge in [-0.2, -0.15) is 5.10 Å². The molecule has 2 aromatic rings. The first-order valence-electron chi connectivity index (χ1n) is 5.39. The topological polar surface area (TPSA) is 52.0 Å². The van der Waals surface area contributed by atoms with Crippen LogP contribution in [-0.4, -0.2) is 18.2 Å². The van der Waals surface area contributed by atoms with Crippen molar-refractivity contribution >= 4 is 21.4 Å². The molecule has 1 aromatic heterocycles. The molecule has 0 bridgehead atoms. The highest BCUT2D eigenvalue weighted by Crippen LogP contribution is 2.28. The van der Waals surface area contributed by atoms with Crippen molar-refractivity contribution in [3.63, 3.8) is 0 Å². The van der Waals surface area contributed by atoms with E-state index in [0.717, 1.165) is 0 Å². The van der Waals surface area contributed by atoms with Crippen molar-refractivity contribution in [2.24, 2.45) is 7.05 Å². The molecular formula is C12H13ClN2O2S. The summed E-state index contributed by atoms with van der Waals surface area (Å²) < 4.78 is 26.2. The number of hydrogen-bond donors (Lipinski definition) is 0. The van der Waals surface area contributed by atoms with Gasteiger partial charge in [0.15, 0.2) is 9.84 Å². The van der Waals surface area contributed by atoms with Gasteiger partial charge in [0.25, 0.3) is 0 Å². The molecular weight excluding hydrogens is 272 g/mol. The maximum Gasteiger partial charge on any atom is 0.188 e. The van der Waals surface area contributed by atoms with Gasteiger partial charge in [-0.05, 0) is 24.6 Å². The highest BCUT2D eigenvalue weighted by atomic mass is 35.5. The lowest BCUT2D eigenvalue weighted by molar-refractivity contribution is 0.586. The average Bonchev–Trinajstić information content (AvgIpc) is 2.76. The van der Waals surface area contributed by atoms with Crippen LogP contribution in [0.5, 0.6) is 0 Å². The van der Waals surface area contributed by atoms with Gasteiger partial charge in [0.05, 0.1) is 11.4 Å². The molecule has 0 saturated heterocycles. The second kappa shape index (κ2) is 4.74. The van der Waals surface area contributed by atoms with Crippen LogP contribution in [0.1, 0.15) is 17.7 Å². The fourth-order valence-corrected chi connectivity index (χ4v) is 3.21. The molecule has 18 heavy (non-hydrogen) atoms. The Morgan fingerprint density at radius 1 is 1.28 bits per heavy atom. The van der Waals surface area contributed by atoms with Gasteiger partial charge in [0.2, 0.25) is 0 Å². The van der Waals surface area contributed by atoms with E-state index in [1.54, 1.807) is 38.2 Å². The first kappa shape index (κ1) is 13.1. The van der Waals surface area contributed by atoms with Crippen molar-refractivity contribution in [1.82, 2.24) is 9.78 Å². The van der Waals surface area contributed by atoms with Gasteiger partial charge in [-0.3, -0.25) is 4.68 Å². The van der Waals surface area contributed by atoms with Gasteiger partial charge in [0.1, 0.15) is 4.90 Å². The summed E-state index contributed by atoms with van der Waals surface area (Å²) in [6.45, 7) is 1.66. The monoisotopic (exact) mass is 284 g/mol. The zero-order valence-corrected chi connectivity index (χ0v) is 11.6. The normalized spacial score (nSPS) is 13.5. The minimum absolute atomic E-state index is 0.229. The summed E-state index contributed by atoms with van der Waals surface area (Å²) in [6.07, 6.45) is 2.86. The Hall–Kier alpha value is -1.33. The third kappa shape index (κ3) is 2.42. The lowest BCUT2D eigenvalue weighted by Crippen LogP contribution is -2.10. The molecule has 0 saturated carbocycles. The third-order valence-corrected chi connectivity index (χ3v) is 5.14. The van der Waals surface area contributed by atoms with Crippen LogP contribution in [0.4, 0.5) is 0 Å². The fraction of sp³-hybridized carbons (Fsp3) is 0.250. The Bertz CT molecular complexity index is 647. The van der Waals surface area contributed by atoms with Crippen LogP contribution < -0.4 is 0 Å². The summed E-state index contributed by atoms with van der Waals surface area (Å²) in [6, 6.07) is 6.82. The van der Waals surface area contributed by atoms with E-state index in [0.29, 0.717) is 10.6 Å². The zero-order chi connectivity index (χ0) is 13.3. The van der Waals surface area contributed by atoms with Crippen LogP contribution in [0.3, 0.4) is 0 Å². The Morgan fingerprint density at radius 3 is 2.39 bits per heavy atom. The van der Waals surface area contributed by atoms with Crippen molar-refractivity contribution in [2.75, 3.05) is 0 Å². The van der Waals surface area contributed by atoms with Crippen molar-refractivity contribution in [3.05, 3.63) is 47.2 Å². The summed E-state index contributed by atoms with van der Waals surface area (Å²) in [5.74, 6) is 0. The number of rotatable bonds is 3. The summed E-state index contributed by atoms with van der Waals surface area (Å²) in [5.41, 5.74) is 0.711. The van der Waals surface area contributed by atoms with Gasteiger partial charge in [0, 0.05) is 18.3 Å². The van der Waals surface area contributed by atoms with Crippen LogP contribution >= 0.6 is 11.6 Å². The maximum atomic E-state index is 12.3. The molecule has 1 heterocycles. The quantitative estimate of drug-likeness (QED) is 0.870. The van der Waals surface area contributed by atoms with Crippen LogP contribution in [0.15, 0.2) is 41.6 Å². The van der Waals surface area contributed by atoms with E-state index in [1.165, 1.54) is 17.1 Å². The van der Waals surface area contributed by atoms with E-state index in [1.807, 2.05) is 0 Å². The second-order valence-corrected chi connectivity index (χ2v) is 6.79. The van der Waals surface area contributed by atoms with Gasteiger partial charge in [-0.15, -0.1) is 0 Å². The SMILES string of the molecule is CC(c1ccc(Cl)cc1)S(=O)(=O)c1cnn(C)c1. The molecule has 4 nitrogen and oxygen atoms in total. The molecule has 1 unspecified atom stereocenters. The number of aromatic nitrogens is 2. The van der Waals surface area contributed by atoms with Crippen molar-refractivity contribution in [3.8, 4) is 0 Å². The average molecular weight is 285 g/mol. The number of halogens is 1. The second-order valence-electron chi connectivity index (χ2n) is 4.09. The lowest BCUT2D eigenvalue weighted by Gasteiger charge is -2.11. The smallest absolute Gasteiger partial charge is 0.188 e. The third-order valence-electron chi connectivity index (χ3n) is 2.81. The van der Waals surface area contributed by atoms with E-state index in [9.17, 15) is 8.42 Å². The van der Waals surface area contributed by atoms with Gasteiger partial charge in [-0.25, -0.2) is 8.42 Å². The van der Waals surface area contributed by atoms with Crippen molar-refractivity contribution < 1.29 is 8.42 Å². The Kier molecular flexibility index (Phi) is 3.45. The largest absolute Gasteiger partial charge is 0.274 e. The van der Waals surface area contributed by atoms with Crippen LogP contribution in [0.2, 0.25) is 5.02 Å². The molecule has 0 amide bonds. The summed E-state index contributed by atoms with van der Waals surface area (Å²) >= 11 is 5.79. The number of hydrogen-bond acceptors (Lipinski definition) is 3. The molecule has 0 aliphatic carbocycles. The molecule has 0 spiro atoms. The standard InChI is InChI=1S/C12H13ClN2O2S/c1-9(10-3-5-11(13)6-4-10)18(16,17)12-7-14-15(2)8-12/h3-9H,1-2H3.